The first-order valence-electron chi connectivity index (χ1n) is 8.81. The number of benzene rings is 1. The molecule has 2 aromatic rings. The molecule has 1 amide bonds. The second-order valence-corrected chi connectivity index (χ2v) is 8.00. The molecule has 0 N–H and O–H groups in total. The molecule has 138 valence electrons. The molecular formula is C19H22FN3O2S. The van der Waals surface area contributed by atoms with E-state index in [2.05, 4.69) is 9.88 Å². The lowest BCUT2D eigenvalue weighted by atomic mass is 9.72. The van der Waals surface area contributed by atoms with Crippen LogP contribution in [0.1, 0.15) is 28.9 Å². The third-order valence-corrected chi connectivity index (χ3v) is 6.12. The van der Waals surface area contributed by atoms with Crippen molar-refractivity contribution in [2.45, 2.75) is 19.4 Å². The number of nitrogens with zero attached hydrogens (tertiary/aromatic N) is 3. The largest absolute Gasteiger partial charge is 0.494 e. The van der Waals surface area contributed by atoms with E-state index in [-0.39, 0.29) is 22.9 Å². The molecule has 4 rings (SSSR count). The number of halogens is 1. The lowest BCUT2D eigenvalue weighted by Gasteiger charge is -2.53. The van der Waals surface area contributed by atoms with Crippen molar-refractivity contribution in [2.24, 2.45) is 5.41 Å². The Labute approximate surface area is 156 Å². The third kappa shape index (κ3) is 3.33. The van der Waals surface area contributed by atoms with Crippen LogP contribution < -0.4 is 4.74 Å². The molecule has 0 bridgehead atoms. The van der Waals surface area contributed by atoms with E-state index < -0.39 is 0 Å². The Balaban J connectivity index is 1.28. The quantitative estimate of drug-likeness (QED) is 0.824. The number of rotatable bonds is 4. The molecule has 3 heterocycles. The Morgan fingerprint density at radius 3 is 2.73 bits per heavy atom. The number of carbonyl (C=O) groups is 1. The van der Waals surface area contributed by atoms with Gasteiger partial charge in [0.05, 0.1) is 12.6 Å². The molecule has 26 heavy (non-hydrogen) atoms. The summed E-state index contributed by atoms with van der Waals surface area (Å²) in [6.07, 6.45) is 2.15. The molecule has 0 atom stereocenters. The summed E-state index contributed by atoms with van der Waals surface area (Å²) in [5.74, 6) is 0.0207. The molecule has 1 aromatic heterocycles. The summed E-state index contributed by atoms with van der Waals surface area (Å²) in [5, 5.41) is 1.81. The van der Waals surface area contributed by atoms with Gasteiger partial charge in [-0.3, -0.25) is 9.69 Å². The van der Waals surface area contributed by atoms with Crippen molar-refractivity contribution in [3.8, 4) is 5.75 Å². The van der Waals surface area contributed by atoms with Gasteiger partial charge in [-0.1, -0.05) is 6.07 Å². The lowest BCUT2D eigenvalue weighted by Crippen LogP contribution is -2.61. The predicted octanol–water partition coefficient (Wildman–Crippen LogP) is 3.03. The fraction of sp³-hybridized carbons (Fsp3) is 0.474. The summed E-state index contributed by atoms with van der Waals surface area (Å²) >= 11 is 1.45. The number of amides is 1. The van der Waals surface area contributed by atoms with Crippen LogP contribution in [0.25, 0.3) is 0 Å². The van der Waals surface area contributed by atoms with Crippen molar-refractivity contribution < 1.29 is 13.9 Å². The van der Waals surface area contributed by atoms with Crippen LogP contribution in [0.4, 0.5) is 4.39 Å². The minimum absolute atomic E-state index is 0.0491. The summed E-state index contributed by atoms with van der Waals surface area (Å²) in [7, 11) is 1.48. The van der Waals surface area contributed by atoms with Gasteiger partial charge in [0, 0.05) is 30.4 Å². The highest BCUT2D eigenvalue weighted by Gasteiger charge is 2.46. The zero-order valence-corrected chi connectivity index (χ0v) is 15.6. The highest BCUT2D eigenvalue weighted by atomic mass is 32.1. The van der Waals surface area contributed by atoms with E-state index in [1.807, 2.05) is 16.3 Å². The topological polar surface area (TPSA) is 45.7 Å². The molecule has 0 saturated carbocycles. The number of hydrogen-bond donors (Lipinski definition) is 0. The highest BCUT2D eigenvalue weighted by Crippen LogP contribution is 2.41. The van der Waals surface area contributed by atoms with E-state index in [0.717, 1.165) is 51.1 Å². The van der Waals surface area contributed by atoms with Gasteiger partial charge in [0.25, 0.3) is 5.91 Å². The second kappa shape index (κ2) is 6.96. The first-order valence-corrected chi connectivity index (χ1v) is 9.75. The average Bonchev–Trinajstić information content (AvgIpc) is 3.15. The summed E-state index contributed by atoms with van der Waals surface area (Å²) < 4.78 is 18.8. The van der Waals surface area contributed by atoms with Gasteiger partial charge in [0.1, 0.15) is 5.69 Å². The Kier molecular flexibility index (Phi) is 4.67. The number of aromatic nitrogens is 1. The Hall–Kier alpha value is -1.99. The summed E-state index contributed by atoms with van der Waals surface area (Å²) in [5.41, 5.74) is 3.48. The lowest BCUT2D eigenvalue weighted by molar-refractivity contribution is -0.0338. The van der Waals surface area contributed by atoms with Gasteiger partial charge in [0.2, 0.25) is 0 Å². The Bertz CT molecular complexity index is 780. The van der Waals surface area contributed by atoms with E-state index in [9.17, 15) is 9.18 Å². The molecule has 1 aromatic carbocycles. The van der Waals surface area contributed by atoms with Gasteiger partial charge in [-0.05, 0) is 43.6 Å². The number of ether oxygens (including phenoxy) is 1. The van der Waals surface area contributed by atoms with Crippen LogP contribution in [0.15, 0.2) is 29.1 Å². The van der Waals surface area contributed by atoms with Gasteiger partial charge in [-0.25, -0.2) is 9.37 Å². The van der Waals surface area contributed by atoms with E-state index >= 15 is 0 Å². The number of hydrogen-bond acceptors (Lipinski definition) is 5. The van der Waals surface area contributed by atoms with Crippen LogP contribution in [0, 0.1) is 11.2 Å². The summed E-state index contributed by atoms with van der Waals surface area (Å²) in [4.78, 5) is 20.7. The van der Waals surface area contributed by atoms with Crippen LogP contribution in [-0.4, -0.2) is 54.0 Å². The second-order valence-electron chi connectivity index (χ2n) is 7.28. The standard InChI is InChI=1S/C19H22FN3O2S/c1-25-17-3-2-14(8-15(17)20)9-22-6-4-19(5-7-22)11-23(12-19)18(24)16-10-26-13-21-16/h2-3,8,10,13H,4-7,9,11-12H2,1H3. The van der Waals surface area contributed by atoms with Crippen LogP contribution in [0.5, 0.6) is 5.75 Å². The van der Waals surface area contributed by atoms with Crippen molar-refractivity contribution in [2.75, 3.05) is 33.3 Å². The van der Waals surface area contributed by atoms with Crippen molar-refractivity contribution in [1.82, 2.24) is 14.8 Å². The molecule has 0 unspecified atom stereocenters. The van der Waals surface area contributed by atoms with Crippen molar-refractivity contribution in [3.63, 3.8) is 0 Å². The molecule has 7 heteroatoms. The number of methoxy groups -OCH3 is 1. The number of thiazole rings is 1. The van der Waals surface area contributed by atoms with Crippen LogP contribution in [-0.2, 0) is 6.54 Å². The van der Waals surface area contributed by atoms with E-state index in [1.165, 1.54) is 18.4 Å². The smallest absolute Gasteiger partial charge is 0.273 e. The zero-order chi connectivity index (χ0) is 18.1. The first-order chi connectivity index (χ1) is 12.6. The Morgan fingerprint density at radius 2 is 2.12 bits per heavy atom. The van der Waals surface area contributed by atoms with Gasteiger partial charge in [-0.15, -0.1) is 11.3 Å². The third-order valence-electron chi connectivity index (χ3n) is 5.53. The normalized spacial score (nSPS) is 19.4. The molecule has 0 radical (unpaired) electrons. The number of likely N-dealkylation sites (tertiary alicyclic amines) is 2. The maximum absolute atomic E-state index is 13.8. The van der Waals surface area contributed by atoms with Gasteiger partial charge < -0.3 is 9.64 Å². The SMILES string of the molecule is COc1ccc(CN2CCC3(CC2)CN(C(=O)c2cscn2)C3)cc1F. The molecule has 2 saturated heterocycles. The first kappa shape index (κ1) is 17.4. The monoisotopic (exact) mass is 375 g/mol. The molecule has 2 aliphatic heterocycles. The molecular weight excluding hydrogens is 353 g/mol. The van der Waals surface area contributed by atoms with Crippen molar-refractivity contribution in [3.05, 3.63) is 46.2 Å². The number of piperidine rings is 1. The fourth-order valence-electron chi connectivity index (χ4n) is 3.96. The molecule has 0 aliphatic carbocycles. The minimum atomic E-state index is -0.311. The Morgan fingerprint density at radius 1 is 1.35 bits per heavy atom. The maximum atomic E-state index is 13.8. The summed E-state index contributed by atoms with van der Waals surface area (Å²) in [6, 6.07) is 5.16. The molecule has 2 aliphatic rings. The van der Waals surface area contributed by atoms with Crippen LogP contribution in [0.3, 0.4) is 0 Å². The molecule has 5 nitrogen and oxygen atoms in total. The average molecular weight is 375 g/mol. The van der Waals surface area contributed by atoms with Crippen LogP contribution in [0.2, 0.25) is 0 Å². The molecule has 1 spiro atoms. The van der Waals surface area contributed by atoms with E-state index in [1.54, 1.807) is 17.6 Å². The minimum Gasteiger partial charge on any atom is -0.494 e. The van der Waals surface area contributed by atoms with Crippen molar-refractivity contribution in [1.29, 1.82) is 0 Å². The summed E-state index contributed by atoms with van der Waals surface area (Å²) in [6.45, 7) is 4.36. The highest BCUT2D eigenvalue weighted by molar-refractivity contribution is 7.07. The van der Waals surface area contributed by atoms with E-state index in [4.69, 9.17) is 4.74 Å². The molecule has 2 fully saturated rings. The predicted molar refractivity (Wildman–Crippen MR) is 97.9 cm³/mol. The van der Waals surface area contributed by atoms with Gasteiger partial charge >= 0.3 is 0 Å². The number of carbonyl (C=O) groups excluding carboxylic acids is 1. The van der Waals surface area contributed by atoms with Crippen molar-refractivity contribution >= 4 is 17.2 Å². The fourth-order valence-corrected chi connectivity index (χ4v) is 4.48. The van der Waals surface area contributed by atoms with Crippen LogP contribution >= 0.6 is 11.3 Å². The van der Waals surface area contributed by atoms with Gasteiger partial charge in [0.15, 0.2) is 11.6 Å². The van der Waals surface area contributed by atoms with Gasteiger partial charge in [-0.2, -0.15) is 0 Å². The maximum Gasteiger partial charge on any atom is 0.273 e. The van der Waals surface area contributed by atoms with E-state index in [0.29, 0.717) is 5.69 Å². The zero-order valence-electron chi connectivity index (χ0n) is 14.8.